The van der Waals surface area contributed by atoms with Crippen LogP contribution in [0.3, 0.4) is 0 Å². The van der Waals surface area contributed by atoms with Crippen molar-refractivity contribution in [3.63, 3.8) is 0 Å². The number of rotatable bonds is 2. The van der Waals surface area contributed by atoms with Gasteiger partial charge in [-0.15, -0.1) is 0 Å². The number of nitrogens with zero attached hydrogens (tertiary/aromatic N) is 1. The van der Waals surface area contributed by atoms with Gasteiger partial charge in [0.05, 0.1) is 4.90 Å². The van der Waals surface area contributed by atoms with Crippen molar-refractivity contribution >= 4 is 10.0 Å². The molecule has 1 saturated heterocycles. The van der Waals surface area contributed by atoms with E-state index >= 15 is 0 Å². The molecule has 1 aromatic carbocycles. The van der Waals surface area contributed by atoms with Gasteiger partial charge in [0.2, 0.25) is 10.0 Å². The molecule has 4 nitrogen and oxygen atoms in total. The van der Waals surface area contributed by atoms with Gasteiger partial charge in [0.25, 0.3) is 0 Å². The van der Waals surface area contributed by atoms with E-state index in [1.807, 2.05) is 0 Å². The molecule has 1 aliphatic heterocycles. The van der Waals surface area contributed by atoms with E-state index in [4.69, 9.17) is 0 Å². The summed E-state index contributed by atoms with van der Waals surface area (Å²) < 4.78 is 39.4. The van der Waals surface area contributed by atoms with E-state index in [9.17, 15) is 12.8 Å². The molecule has 0 amide bonds. The van der Waals surface area contributed by atoms with Crippen LogP contribution in [0, 0.1) is 12.7 Å². The summed E-state index contributed by atoms with van der Waals surface area (Å²) in [7, 11) is -3.50. The summed E-state index contributed by atoms with van der Waals surface area (Å²) in [5.74, 6) is -0.383. The summed E-state index contributed by atoms with van der Waals surface area (Å²) in [4.78, 5) is 0.170. The zero-order valence-corrected chi connectivity index (χ0v) is 11.1. The van der Waals surface area contributed by atoms with E-state index in [2.05, 4.69) is 5.32 Å². The lowest BCUT2D eigenvalue weighted by molar-refractivity contribution is 0.432. The van der Waals surface area contributed by atoms with Crippen LogP contribution >= 0.6 is 0 Å². The van der Waals surface area contributed by atoms with Crippen LogP contribution < -0.4 is 5.32 Å². The smallest absolute Gasteiger partial charge is 0.243 e. The van der Waals surface area contributed by atoms with E-state index in [0.717, 1.165) is 13.0 Å². The Morgan fingerprint density at radius 3 is 2.78 bits per heavy atom. The molecule has 1 aliphatic rings. The van der Waals surface area contributed by atoms with Gasteiger partial charge in [-0.1, -0.05) is 0 Å². The van der Waals surface area contributed by atoms with Gasteiger partial charge >= 0.3 is 0 Å². The Hall–Kier alpha value is -0.980. The molecular formula is C12H17FN2O2S. The summed E-state index contributed by atoms with van der Waals surface area (Å²) in [6, 6.07) is 3.93. The third-order valence-corrected chi connectivity index (χ3v) is 4.96. The highest BCUT2D eigenvalue weighted by Crippen LogP contribution is 2.19. The molecule has 0 saturated carbocycles. The molecule has 0 aliphatic carbocycles. The molecule has 18 heavy (non-hydrogen) atoms. The lowest BCUT2D eigenvalue weighted by Gasteiger charge is -2.19. The Morgan fingerprint density at radius 2 is 2.06 bits per heavy atom. The van der Waals surface area contributed by atoms with Crippen LogP contribution in [0.25, 0.3) is 0 Å². The van der Waals surface area contributed by atoms with E-state index in [1.54, 1.807) is 6.92 Å². The Morgan fingerprint density at radius 1 is 1.28 bits per heavy atom. The molecule has 1 fully saturated rings. The van der Waals surface area contributed by atoms with E-state index in [-0.39, 0.29) is 10.7 Å². The fourth-order valence-corrected chi connectivity index (χ4v) is 3.55. The summed E-state index contributed by atoms with van der Waals surface area (Å²) in [6.07, 6.45) is 0.791. The largest absolute Gasteiger partial charge is 0.315 e. The van der Waals surface area contributed by atoms with E-state index in [1.165, 1.54) is 22.5 Å². The highest BCUT2D eigenvalue weighted by molar-refractivity contribution is 7.89. The van der Waals surface area contributed by atoms with Crippen LogP contribution in [-0.2, 0) is 10.0 Å². The summed E-state index contributed by atoms with van der Waals surface area (Å²) >= 11 is 0. The van der Waals surface area contributed by atoms with Gasteiger partial charge < -0.3 is 5.32 Å². The minimum atomic E-state index is -3.50. The molecule has 0 bridgehead atoms. The maximum absolute atomic E-state index is 13.2. The number of sulfonamides is 1. The maximum atomic E-state index is 13.2. The average molecular weight is 272 g/mol. The van der Waals surface area contributed by atoms with Gasteiger partial charge in [-0.05, 0) is 43.7 Å². The normalized spacial score (nSPS) is 18.6. The summed E-state index contributed by atoms with van der Waals surface area (Å²) in [6.45, 7) is 4.01. The first kappa shape index (κ1) is 13.5. The van der Waals surface area contributed by atoms with Gasteiger partial charge in [0.1, 0.15) is 5.82 Å². The van der Waals surface area contributed by atoms with Crippen LogP contribution in [0.2, 0.25) is 0 Å². The topological polar surface area (TPSA) is 49.4 Å². The molecule has 100 valence electrons. The minimum Gasteiger partial charge on any atom is -0.315 e. The first-order valence-corrected chi connectivity index (χ1v) is 7.43. The molecule has 1 aromatic rings. The molecule has 0 atom stereocenters. The van der Waals surface area contributed by atoms with Gasteiger partial charge in [-0.3, -0.25) is 0 Å². The number of halogens is 1. The Bertz CT molecular complexity index is 523. The highest BCUT2D eigenvalue weighted by atomic mass is 32.2. The van der Waals surface area contributed by atoms with Crippen LogP contribution in [-0.4, -0.2) is 38.9 Å². The lowest BCUT2D eigenvalue weighted by atomic mass is 10.2. The van der Waals surface area contributed by atoms with Crippen LogP contribution in [0.5, 0.6) is 0 Å². The molecule has 0 aromatic heterocycles. The molecule has 6 heteroatoms. The molecule has 0 radical (unpaired) electrons. The second-order valence-electron chi connectivity index (χ2n) is 4.42. The van der Waals surface area contributed by atoms with Gasteiger partial charge in [-0.25, -0.2) is 12.8 Å². The third kappa shape index (κ3) is 2.71. The predicted octanol–water partition coefficient (Wildman–Crippen LogP) is 1.12. The van der Waals surface area contributed by atoms with Crippen molar-refractivity contribution in [2.75, 3.05) is 26.2 Å². The fourth-order valence-electron chi connectivity index (χ4n) is 1.99. The van der Waals surface area contributed by atoms with Crippen molar-refractivity contribution in [2.24, 2.45) is 0 Å². The second kappa shape index (κ2) is 5.34. The maximum Gasteiger partial charge on any atom is 0.243 e. The molecular weight excluding hydrogens is 255 g/mol. The zero-order chi connectivity index (χ0) is 13.2. The minimum absolute atomic E-state index is 0.170. The number of benzene rings is 1. The quantitative estimate of drug-likeness (QED) is 0.877. The number of nitrogens with one attached hydrogen (secondary N) is 1. The molecule has 2 rings (SSSR count). The summed E-state index contributed by atoms with van der Waals surface area (Å²) in [5, 5.41) is 3.16. The van der Waals surface area contributed by atoms with Gasteiger partial charge in [0, 0.05) is 19.6 Å². The third-order valence-electron chi connectivity index (χ3n) is 3.07. The first-order chi connectivity index (χ1) is 8.51. The monoisotopic (exact) mass is 272 g/mol. The highest BCUT2D eigenvalue weighted by Gasteiger charge is 2.25. The van der Waals surface area contributed by atoms with Crippen molar-refractivity contribution in [1.82, 2.24) is 9.62 Å². The second-order valence-corrected chi connectivity index (χ2v) is 6.36. The number of hydrogen-bond acceptors (Lipinski definition) is 3. The van der Waals surface area contributed by atoms with Crippen molar-refractivity contribution in [3.05, 3.63) is 29.6 Å². The molecule has 0 spiro atoms. The molecule has 1 heterocycles. The average Bonchev–Trinajstić information content (AvgIpc) is 2.61. The standard InChI is InChI=1S/C12H17FN2O2S/c1-10-9-11(3-4-12(10)13)18(16,17)15-7-2-5-14-6-8-15/h3-4,9,14H,2,5-8H2,1H3. The van der Waals surface area contributed by atoms with Crippen LogP contribution in [0.4, 0.5) is 4.39 Å². The van der Waals surface area contributed by atoms with Crippen LogP contribution in [0.15, 0.2) is 23.1 Å². The Labute approximate surface area is 107 Å². The predicted molar refractivity (Wildman–Crippen MR) is 67.4 cm³/mol. The van der Waals surface area contributed by atoms with E-state index < -0.39 is 10.0 Å². The van der Waals surface area contributed by atoms with Gasteiger partial charge in [-0.2, -0.15) is 4.31 Å². The van der Waals surface area contributed by atoms with Crippen molar-refractivity contribution < 1.29 is 12.8 Å². The summed E-state index contributed by atoms with van der Waals surface area (Å²) in [5.41, 5.74) is 0.351. The Kier molecular flexibility index (Phi) is 3.99. The SMILES string of the molecule is Cc1cc(S(=O)(=O)N2CCCNCC2)ccc1F. The fraction of sp³-hybridized carbons (Fsp3) is 0.500. The van der Waals surface area contributed by atoms with E-state index in [0.29, 0.717) is 25.2 Å². The Balaban J connectivity index is 2.31. The van der Waals surface area contributed by atoms with Crippen molar-refractivity contribution in [1.29, 1.82) is 0 Å². The van der Waals surface area contributed by atoms with Crippen molar-refractivity contribution in [3.8, 4) is 0 Å². The van der Waals surface area contributed by atoms with Gasteiger partial charge in [0.15, 0.2) is 0 Å². The van der Waals surface area contributed by atoms with Crippen molar-refractivity contribution in [2.45, 2.75) is 18.2 Å². The lowest BCUT2D eigenvalue weighted by Crippen LogP contribution is -2.34. The first-order valence-electron chi connectivity index (χ1n) is 5.99. The number of hydrogen-bond donors (Lipinski definition) is 1. The molecule has 1 N–H and O–H groups in total. The van der Waals surface area contributed by atoms with Crippen LogP contribution in [0.1, 0.15) is 12.0 Å². The zero-order valence-electron chi connectivity index (χ0n) is 10.3. The molecule has 0 unspecified atom stereocenters. The number of aryl methyl sites for hydroxylation is 1.